The Labute approximate surface area is 209 Å². The van der Waals surface area contributed by atoms with Crippen LogP contribution < -0.4 is 5.73 Å². The van der Waals surface area contributed by atoms with Crippen molar-refractivity contribution in [2.24, 2.45) is 12.8 Å². The van der Waals surface area contributed by atoms with Crippen molar-refractivity contribution >= 4 is 39.9 Å². The number of halogens is 2. The van der Waals surface area contributed by atoms with Crippen LogP contribution in [0.4, 0.5) is 0 Å². The molecule has 0 bridgehead atoms. The Morgan fingerprint density at radius 3 is 2.49 bits per heavy atom. The van der Waals surface area contributed by atoms with Crippen molar-refractivity contribution in [3.8, 4) is 33.8 Å². The van der Waals surface area contributed by atoms with Crippen LogP contribution in [0.3, 0.4) is 0 Å². The maximum atomic E-state index is 6.40. The van der Waals surface area contributed by atoms with E-state index in [2.05, 4.69) is 25.7 Å². The van der Waals surface area contributed by atoms with Gasteiger partial charge in [0.25, 0.3) is 5.78 Å². The van der Waals surface area contributed by atoms with Gasteiger partial charge >= 0.3 is 0 Å². The number of rotatable bonds is 4. The highest BCUT2D eigenvalue weighted by Crippen LogP contribution is 2.42. The summed E-state index contributed by atoms with van der Waals surface area (Å²) in [4.78, 5) is 4.82. The normalized spacial score (nSPS) is 11.5. The summed E-state index contributed by atoms with van der Waals surface area (Å²) in [6.45, 7) is 0.249. The van der Waals surface area contributed by atoms with Crippen LogP contribution in [-0.4, -0.2) is 39.8 Å². The Kier molecular flexibility index (Phi) is 5.18. The van der Waals surface area contributed by atoms with Crippen molar-refractivity contribution in [2.45, 2.75) is 6.54 Å². The maximum Gasteiger partial charge on any atom is 0.274 e. The van der Waals surface area contributed by atoms with Gasteiger partial charge in [0.2, 0.25) is 0 Å². The number of hydrogen-bond donors (Lipinski definition) is 1. The first-order chi connectivity index (χ1) is 17.0. The molecular formula is C24H17Cl2N9. The zero-order valence-corrected chi connectivity index (χ0v) is 19.9. The molecule has 3 aromatic heterocycles. The van der Waals surface area contributed by atoms with E-state index < -0.39 is 0 Å². The minimum atomic E-state index is 0.249. The van der Waals surface area contributed by atoms with Gasteiger partial charge in [-0.2, -0.15) is 4.52 Å². The third-order valence-electron chi connectivity index (χ3n) is 5.94. The third kappa shape index (κ3) is 3.52. The molecule has 11 heteroatoms. The molecule has 0 atom stereocenters. The first-order valence-corrected chi connectivity index (χ1v) is 11.4. The van der Waals surface area contributed by atoms with Gasteiger partial charge in [-0.25, -0.2) is 4.98 Å². The van der Waals surface area contributed by atoms with Gasteiger partial charge in [0.15, 0.2) is 5.82 Å². The van der Waals surface area contributed by atoms with Crippen LogP contribution in [0.5, 0.6) is 0 Å². The molecule has 0 radical (unpaired) electrons. The fourth-order valence-corrected chi connectivity index (χ4v) is 4.70. The molecule has 0 spiro atoms. The van der Waals surface area contributed by atoms with E-state index in [-0.39, 0.29) is 6.54 Å². The summed E-state index contributed by atoms with van der Waals surface area (Å²) < 4.78 is 3.47. The van der Waals surface area contributed by atoms with Crippen LogP contribution in [-0.2, 0) is 13.6 Å². The fraction of sp³-hybridized carbons (Fsp3) is 0.0833. The van der Waals surface area contributed by atoms with E-state index >= 15 is 0 Å². The molecule has 0 aliphatic carbocycles. The van der Waals surface area contributed by atoms with Crippen LogP contribution in [0, 0.1) is 0 Å². The van der Waals surface area contributed by atoms with E-state index in [4.69, 9.17) is 33.9 Å². The zero-order chi connectivity index (χ0) is 24.1. The highest BCUT2D eigenvalue weighted by atomic mass is 35.5. The zero-order valence-electron chi connectivity index (χ0n) is 18.4. The summed E-state index contributed by atoms with van der Waals surface area (Å²) in [6.07, 6.45) is 1.65. The molecule has 172 valence electrons. The number of nitrogens with two attached hydrogens (primary N) is 1. The van der Waals surface area contributed by atoms with E-state index in [9.17, 15) is 0 Å². The maximum absolute atomic E-state index is 6.40. The molecular weight excluding hydrogens is 485 g/mol. The molecule has 0 amide bonds. The molecule has 3 aromatic carbocycles. The van der Waals surface area contributed by atoms with Crippen molar-refractivity contribution in [2.75, 3.05) is 0 Å². The van der Waals surface area contributed by atoms with Crippen LogP contribution >= 0.6 is 23.2 Å². The van der Waals surface area contributed by atoms with Crippen LogP contribution in [0.2, 0.25) is 10.0 Å². The first kappa shape index (κ1) is 21.6. The van der Waals surface area contributed by atoms with Crippen molar-refractivity contribution in [3.63, 3.8) is 0 Å². The van der Waals surface area contributed by atoms with Gasteiger partial charge < -0.3 is 10.3 Å². The van der Waals surface area contributed by atoms with Crippen molar-refractivity contribution in [1.82, 2.24) is 39.8 Å². The molecule has 0 aliphatic heterocycles. The minimum Gasteiger partial charge on any atom is -0.326 e. The number of fused-ring (bicyclic) bond motifs is 3. The number of hydrogen-bond acceptors (Lipinski definition) is 7. The van der Waals surface area contributed by atoms with Crippen molar-refractivity contribution in [3.05, 3.63) is 76.5 Å². The van der Waals surface area contributed by atoms with Gasteiger partial charge in [-0.1, -0.05) is 52.6 Å². The summed E-state index contributed by atoms with van der Waals surface area (Å²) in [6, 6.07) is 17.1. The number of tetrazole rings is 1. The number of aryl methyl sites for hydroxylation is 1. The van der Waals surface area contributed by atoms with Gasteiger partial charge in [0.1, 0.15) is 6.33 Å². The SMILES string of the molecule is Cn1cnnc1-c1c(CN)c(-c2ccc(Cl)cc2)cc2c1c(-c1cccc(Cl)c1)nc1nnnn12. The van der Waals surface area contributed by atoms with Crippen molar-refractivity contribution in [1.29, 1.82) is 0 Å². The van der Waals surface area contributed by atoms with E-state index in [1.807, 2.05) is 66.2 Å². The molecule has 0 saturated carbocycles. The Hall–Kier alpha value is -3.92. The summed E-state index contributed by atoms with van der Waals surface area (Å²) in [5.41, 5.74) is 12.2. The lowest BCUT2D eigenvalue weighted by Gasteiger charge is -2.19. The Bertz CT molecular complexity index is 1720. The molecule has 2 N–H and O–H groups in total. The van der Waals surface area contributed by atoms with Crippen molar-refractivity contribution < 1.29 is 0 Å². The number of aromatic nitrogens is 8. The van der Waals surface area contributed by atoms with Crippen LogP contribution in [0.15, 0.2) is 60.9 Å². The topological polar surface area (TPSA) is 113 Å². The highest BCUT2D eigenvalue weighted by Gasteiger charge is 2.25. The minimum absolute atomic E-state index is 0.249. The summed E-state index contributed by atoms with van der Waals surface area (Å²) in [7, 11) is 1.89. The van der Waals surface area contributed by atoms with E-state index in [0.29, 0.717) is 27.3 Å². The van der Waals surface area contributed by atoms with Gasteiger partial charge in [-0.3, -0.25) is 0 Å². The lowest BCUT2D eigenvalue weighted by molar-refractivity contribution is 0.840. The summed E-state index contributed by atoms with van der Waals surface area (Å²) in [5.74, 6) is 1.00. The molecule has 0 fully saturated rings. The highest BCUT2D eigenvalue weighted by molar-refractivity contribution is 6.31. The second-order valence-corrected chi connectivity index (χ2v) is 8.88. The Morgan fingerprint density at radius 1 is 0.943 bits per heavy atom. The van der Waals surface area contributed by atoms with Crippen LogP contribution in [0.1, 0.15) is 5.56 Å². The molecule has 0 aliphatic rings. The monoisotopic (exact) mass is 501 g/mol. The standard InChI is InChI=1S/C24H17Cl2N9/c1-34-12-28-30-23(34)20-18(11-27)17(13-5-7-15(25)8-6-13)10-19-21(20)22(14-3-2-4-16(26)9-14)29-24-31-32-33-35(19)24/h2-10,12H,11,27H2,1H3. The second-order valence-electron chi connectivity index (χ2n) is 8.01. The lowest BCUT2D eigenvalue weighted by atomic mass is 9.89. The van der Waals surface area contributed by atoms with Crippen LogP contribution in [0.25, 0.3) is 50.5 Å². The van der Waals surface area contributed by atoms with Gasteiger partial charge in [0, 0.05) is 40.2 Å². The van der Waals surface area contributed by atoms with Gasteiger partial charge in [-0.15, -0.1) is 10.2 Å². The second kappa shape index (κ2) is 8.38. The Balaban J connectivity index is 1.85. The van der Waals surface area contributed by atoms with Gasteiger partial charge in [-0.05, 0) is 57.4 Å². The summed E-state index contributed by atoms with van der Waals surface area (Å²) >= 11 is 12.5. The number of benzene rings is 3. The smallest absolute Gasteiger partial charge is 0.274 e. The molecule has 35 heavy (non-hydrogen) atoms. The molecule has 6 aromatic rings. The summed E-state index contributed by atoms with van der Waals surface area (Å²) in [5, 5.41) is 22.8. The average molecular weight is 502 g/mol. The molecule has 3 heterocycles. The lowest BCUT2D eigenvalue weighted by Crippen LogP contribution is -2.08. The predicted molar refractivity (Wildman–Crippen MR) is 135 cm³/mol. The largest absolute Gasteiger partial charge is 0.326 e. The molecule has 9 nitrogen and oxygen atoms in total. The average Bonchev–Trinajstić information content (AvgIpc) is 3.51. The predicted octanol–water partition coefficient (Wildman–Crippen LogP) is 4.57. The third-order valence-corrected chi connectivity index (χ3v) is 6.42. The molecule has 6 rings (SSSR count). The molecule has 0 saturated heterocycles. The van der Waals surface area contributed by atoms with E-state index in [1.165, 1.54) is 0 Å². The van der Waals surface area contributed by atoms with E-state index in [1.54, 1.807) is 10.8 Å². The van der Waals surface area contributed by atoms with E-state index in [0.717, 1.165) is 38.7 Å². The molecule has 0 unspecified atom stereocenters. The first-order valence-electron chi connectivity index (χ1n) is 10.7. The quantitative estimate of drug-likeness (QED) is 0.376. The number of nitrogens with zero attached hydrogens (tertiary/aromatic N) is 8. The fourth-order valence-electron chi connectivity index (χ4n) is 4.38. The van der Waals surface area contributed by atoms with Gasteiger partial charge in [0.05, 0.1) is 11.2 Å². The Morgan fingerprint density at radius 2 is 1.77 bits per heavy atom.